The molecule has 0 N–H and O–H groups in total. The molecule has 1 saturated heterocycles. The number of hydrogen-bond donors (Lipinski definition) is 0. The molecule has 0 bridgehead atoms. The summed E-state index contributed by atoms with van der Waals surface area (Å²) in [5.74, 6) is 2.47. The Kier molecular flexibility index (Phi) is 3.77. The van der Waals surface area contributed by atoms with Crippen LogP contribution in [0.25, 0.3) is 0 Å². The van der Waals surface area contributed by atoms with Gasteiger partial charge in [0.2, 0.25) is 11.8 Å². The Balaban J connectivity index is 1.67. The first kappa shape index (κ1) is 13.0. The van der Waals surface area contributed by atoms with Gasteiger partial charge in [-0.1, -0.05) is 18.0 Å². The quantitative estimate of drug-likeness (QED) is 0.846. The van der Waals surface area contributed by atoms with Gasteiger partial charge in [0.05, 0.1) is 11.7 Å². The van der Waals surface area contributed by atoms with Crippen LogP contribution in [0.5, 0.6) is 0 Å². The van der Waals surface area contributed by atoms with E-state index in [-0.39, 0.29) is 11.8 Å². The molecule has 1 aromatic rings. The molecule has 6 heteroatoms. The molecule has 2 fully saturated rings. The van der Waals surface area contributed by atoms with Crippen molar-refractivity contribution >= 4 is 17.7 Å². The third kappa shape index (κ3) is 2.63. The van der Waals surface area contributed by atoms with E-state index < -0.39 is 0 Å². The fraction of sp³-hybridized carbons (Fsp3) is 0.769. The van der Waals surface area contributed by atoms with Gasteiger partial charge in [0.25, 0.3) is 0 Å². The predicted molar refractivity (Wildman–Crippen MR) is 72.8 cm³/mol. The summed E-state index contributed by atoms with van der Waals surface area (Å²) >= 11 is 1.67. The van der Waals surface area contributed by atoms with Crippen molar-refractivity contribution in [3.63, 3.8) is 0 Å². The highest BCUT2D eigenvalue weighted by molar-refractivity contribution is 7.97. The minimum absolute atomic E-state index is 0.0937. The highest BCUT2D eigenvalue weighted by Crippen LogP contribution is 2.33. The van der Waals surface area contributed by atoms with Gasteiger partial charge in [-0.25, -0.2) is 0 Å². The molecule has 1 amide bonds. The summed E-state index contributed by atoms with van der Waals surface area (Å²) in [6, 6.07) is 0.450. The third-order valence-corrected chi connectivity index (χ3v) is 4.58. The molecule has 1 aliphatic heterocycles. The standard InChI is InChI=1S/C13H19N3O2S/c1-19-8-11-14-13(18-15-11)9-6-12(17)16(7-9)10-4-2-3-5-10/h9-10H,2-8H2,1H3/t9-/m0/s1. The molecule has 2 heterocycles. The summed E-state index contributed by atoms with van der Waals surface area (Å²) in [5.41, 5.74) is 0. The number of hydrogen-bond acceptors (Lipinski definition) is 5. The van der Waals surface area contributed by atoms with E-state index >= 15 is 0 Å². The zero-order chi connectivity index (χ0) is 13.2. The van der Waals surface area contributed by atoms with Gasteiger partial charge in [-0.3, -0.25) is 4.79 Å². The summed E-state index contributed by atoms with van der Waals surface area (Å²) in [7, 11) is 0. The Morgan fingerprint density at radius 1 is 1.42 bits per heavy atom. The number of carbonyl (C=O) groups excluding carboxylic acids is 1. The van der Waals surface area contributed by atoms with Gasteiger partial charge in [-0.05, 0) is 19.1 Å². The molecule has 0 spiro atoms. The molecule has 3 rings (SSSR count). The molecular weight excluding hydrogens is 262 g/mol. The van der Waals surface area contributed by atoms with Crippen molar-refractivity contribution in [2.75, 3.05) is 12.8 Å². The van der Waals surface area contributed by atoms with Crippen LogP contribution in [0.2, 0.25) is 0 Å². The van der Waals surface area contributed by atoms with Crippen LogP contribution in [0.1, 0.15) is 49.7 Å². The Bertz CT molecular complexity index is 456. The van der Waals surface area contributed by atoms with E-state index in [9.17, 15) is 4.79 Å². The van der Waals surface area contributed by atoms with Crippen molar-refractivity contribution in [3.8, 4) is 0 Å². The number of amides is 1. The first-order chi connectivity index (χ1) is 9.28. The van der Waals surface area contributed by atoms with E-state index in [2.05, 4.69) is 10.1 Å². The van der Waals surface area contributed by atoms with Crippen molar-refractivity contribution < 1.29 is 9.32 Å². The number of rotatable bonds is 4. The topological polar surface area (TPSA) is 59.2 Å². The molecule has 1 saturated carbocycles. The summed E-state index contributed by atoms with van der Waals surface area (Å²) in [5, 5.41) is 3.96. The van der Waals surface area contributed by atoms with Crippen LogP contribution in [0.4, 0.5) is 0 Å². The number of aromatic nitrogens is 2. The molecule has 1 aliphatic carbocycles. The van der Waals surface area contributed by atoms with Crippen molar-refractivity contribution in [3.05, 3.63) is 11.7 Å². The second kappa shape index (κ2) is 5.53. The molecule has 104 valence electrons. The zero-order valence-corrected chi connectivity index (χ0v) is 12.0. The SMILES string of the molecule is CSCc1noc([C@H]2CC(=O)N(C3CCCC3)C2)n1. The molecule has 0 unspecified atom stereocenters. The average Bonchev–Trinajstić information content (AvgIpc) is 3.08. The average molecular weight is 281 g/mol. The van der Waals surface area contributed by atoms with Crippen LogP contribution >= 0.6 is 11.8 Å². The largest absolute Gasteiger partial charge is 0.339 e. The maximum atomic E-state index is 12.1. The van der Waals surface area contributed by atoms with Gasteiger partial charge in [0.1, 0.15) is 0 Å². The van der Waals surface area contributed by atoms with Gasteiger partial charge >= 0.3 is 0 Å². The maximum absolute atomic E-state index is 12.1. The minimum atomic E-state index is 0.0937. The lowest BCUT2D eigenvalue weighted by Gasteiger charge is -2.23. The van der Waals surface area contributed by atoms with E-state index in [0.29, 0.717) is 18.4 Å². The lowest BCUT2D eigenvalue weighted by Crippen LogP contribution is -2.34. The van der Waals surface area contributed by atoms with Crippen LogP contribution in [0, 0.1) is 0 Å². The summed E-state index contributed by atoms with van der Waals surface area (Å²) < 4.78 is 5.31. The summed E-state index contributed by atoms with van der Waals surface area (Å²) in [6.07, 6.45) is 7.34. The molecule has 5 nitrogen and oxygen atoms in total. The van der Waals surface area contributed by atoms with E-state index in [0.717, 1.165) is 31.0 Å². The number of likely N-dealkylation sites (tertiary alicyclic amines) is 1. The first-order valence-electron chi connectivity index (χ1n) is 6.89. The van der Waals surface area contributed by atoms with Gasteiger partial charge in [0, 0.05) is 19.0 Å². The molecule has 1 aromatic heterocycles. The highest BCUT2D eigenvalue weighted by Gasteiger charge is 2.38. The van der Waals surface area contributed by atoms with E-state index in [4.69, 9.17) is 4.52 Å². The molecular formula is C13H19N3O2S. The van der Waals surface area contributed by atoms with Gasteiger partial charge in [-0.2, -0.15) is 16.7 Å². The second-order valence-corrected chi connectivity index (χ2v) is 6.23. The monoisotopic (exact) mass is 281 g/mol. The third-order valence-electron chi connectivity index (χ3n) is 4.03. The zero-order valence-electron chi connectivity index (χ0n) is 11.2. The second-order valence-electron chi connectivity index (χ2n) is 5.37. The lowest BCUT2D eigenvalue weighted by atomic mass is 10.1. The van der Waals surface area contributed by atoms with Gasteiger partial charge < -0.3 is 9.42 Å². The first-order valence-corrected chi connectivity index (χ1v) is 8.28. The molecule has 19 heavy (non-hydrogen) atoms. The van der Waals surface area contributed by atoms with E-state index in [1.165, 1.54) is 12.8 Å². The normalized spacial score (nSPS) is 24.6. The fourth-order valence-corrected chi connectivity index (χ4v) is 3.46. The number of carbonyl (C=O) groups is 1. The number of thioether (sulfide) groups is 1. The van der Waals surface area contributed by atoms with Crippen LogP contribution in [0.3, 0.4) is 0 Å². The predicted octanol–water partition coefficient (Wildman–Crippen LogP) is 2.19. The van der Waals surface area contributed by atoms with Gasteiger partial charge in [0.15, 0.2) is 5.82 Å². The van der Waals surface area contributed by atoms with E-state index in [1.807, 2.05) is 11.2 Å². The number of nitrogens with zero attached hydrogens (tertiary/aromatic N) is 3. The Morgan fingerprint density at radius 2 is 2.21 bits per heavy atom. The summed E-state index contributed by atoms with van der Waals surface area (Å²) in [6.45, 7) is 0.754. The molecule has 0 aromatic carbocycles. The van der Waals surface area contributed by atoms with Crippen molar-refractivity contribution in [1.29, 1.82) is 0 Å². The Labute approximate surface area is 117 Å². The Hall–Kier alpha value is -1.04. The summed E-state index contributed by atoms with van der Waals surface area (Å²) in [4.78, 5) is 18.5. The lowest BCUT2D eigenvalue weighted by molar-refractivity contribution is -0.129. The van der Waals surface area contributed by atoms with Crippen LogP contribution in [0.15, 0.2) is 4.52 Å². The highest BCUT2D eigenvalue weighted by atomic mass is 32.2. The minimum Gasteiger partial charge on any atom is -0.339 e. The van der Waals surface area contributed by atoms with Crippen molar-refractivity contribution in [2.45, 2.75) is 49.8 Å². The molecule has 1 atom stereocenters. The Morgan fingerprint density at radius 3 is 2.95 bits per heavy atom. The van der Waals surface area contributed by atoms with Gasteiger partial charge in [-0.15, -0.1) is 0 Å². The fourth-order valence-electron chi connectivity index (χ4n) is 3.09. The smallest absolute Gasteiger partial charge is 0.232 e. The van der Waals surface area contributed by atoms with Crippen LogP contribution in [-0.4, -0.2) is 39.8 Å². The van der Waals surface area contributed by atoms with Crippen molar-refractivity contribution in [2.24, 2.45) is 0 Å². The van der Waals surface area contributed by atoms with Crippen LogP contribution < -0.4 is 0 Å². The van der Waals surface area contributed by atoms with Crippen LogP contribution in [-0.2, 0) is 10.5 Å². The van der Waals surface area contributed by atoms with E-state index in [1.54, 1.807) is 11.8 Å². The maximum Gasteiger partial charge on any atom is 0.232 e. The van der Waals surface area contributed by atoms with Crippen molar-refractivity contribution in [1.82, 2.24) is 15.0 Å². The molecule has 2 aliphatic rings. The molecule has 0 radical (unpaired) electrons.